The second-order valence-corrected chi connectivity index (χ2v) is 13.6. The Kier molecular flexibility index (Phi) is 6.78. The van der Waals surface area contributed by atoms with Crippen LogP contribution in [0, 0.1) is 23.7 Å². The minimum Gasteiger partial charge on any atom is -0.400 e. The Balaban J connectivity index is 2.71. The summed E-state index contributed by atoms with van der Waals surface area (Å²) in [5.41, 5.74) is -0.123. The molecule has 1 saturated carbocycles. The van der Waals surface area contributed by atoms with E-state index in [1.807, 2.05) is 0 Å². The molecule has 0 aliphatic heterocycles. The fraction of sp³-hybridized carbons (Fsp3) is 0.900. The predicted octanol–water partition coefficient (Wildman–Crippen LogP) is 6.40. The highest BCUT2D eigenvalue weighted by Gasteiger charge is 2.59. The molecule has 0 spiro atoms. The molecule has 0 radical (unpaired) electrons. The van der Waals surface area contributed by atoms with Gasteiger partial charge in [-0.05, 0) is 36.9 Å². The molecular weight excluding hydrogens is 284 g/mol. The van der Waals surface area contributed by atoms with Crippen molar-refractivity contribution in [1.29, 1.82) is 0 Å². The van der Waals surface area contributed by atoms with Crippen LogP contribution in [-0.4, -0.2) is 13.9 Å². The molecule has 2 heteroatoms. The van der Waals surface area contributed by atoms with Gasteiger partial charge in [0.05, 0.1) is 0 Å². The zero-order chi connectivity index (χ0) is 17.0. The number of hydrogen-bond acceptors (Lipinski definition) is 1. The van der Waals surface area contributed by atoms with Gasteiger partial charge in [-0.1, -0.05) is 66.7 Å². The minimum absolute atomic E-state index is 0.123. The van der Waals surface area contributed by atoms with E-state index in [0.29, 0.717) is 11.8 Å². The van der Waals surface area contributed by atoms with Crippen LogP contribution in [0.1, 0.15) is 80.1 Å². The van der Waals surface area contributed by atoms with Gasteiger partial charge in [0.25, 0.3) is 0 Å². The number of rotatable bonds is 7. The lowest BCUT2D eigenvalue weighted by Crippen LogP contribution is -2.45. The lowest BCUT2D eigenvalue weighted by Gasteiger charge is -2.39. The average Bonchev–Trinajstić information content (AvgIpc) is 3.06. The van der Waals surface area contributed by atoms with Crippen molar-refractivity contribution in [2.45, 2.75) is 104 Å². The Hall–Kier alpha value is -0.263. The molecule has 0 aromatic carbocycles. The van der Waals surface area contributed by atoms with Crippen molar-refractivity contribution >= 4 is 8.32 Å². The standard InChI is InChI=1S/C20H38OSi/c1-9-10-11-12-13-14-15-20(16-18(20)17(2)3)21-22(7,8)19(4,5)6/h17-18H,9-13,16H2,1-8H3/t18-,20-/m0/s1. The lowest BCUT2D eigenvalue weighted by atomic mass is 10.1. The molecule has 1 fully saturated rings. The molecule has 0 N–H and O–H groups in total. The van der Waals surface area contributed by atoms with Gasteiger partial charge in [-0.15, -0.1) is 5.92 Å². The maximum Gasteiger partial charge on any atom is 0.194 e. The van der Waals surface area contributed by atoms with Crippen LogP contribution in [0.25, 0.3) is 0 Å². The summed E-state index contributed by atoms with van der Waals surface area (Å²) in [6.45, 7) is 18.5. The third kappa shape index (κ3) is 5.13. The second-order valence-electron chi connectivity index (χ2n) is 8.92. The van der Waals surface area contributed by atoms with Gasteiger partial charge in [-0.25, -0.2) is 0 Å². The molecule has 1 nitrogen and oxygen atoms in total. The van der Waals surface area contributed by atoms with Crippen LogP contribution >= 0.6 is 0 Å². The van der Waals surface area contributed by atoms with Crippen LogP contribution in [0.5, 0.6) is 0 Å². The Morgan fingerprint density at radius 1 is 1.18 bits per heavy atom. The average molecular weight is 323 g/mol. The van der Waals surface area contributed by atoms with E-state index >= 15 is 0 Å². The topological polar surface area (TPSA) is 9.23 Å². The van der Waals surface area contributed by atoms with Gasteiger partial charge in [0.2, 0.25) is 0 Å². The van der Waals surface area contributed by atoms with Crippen molar-refractivity contribution in [3.8, 4) is 11.8 Å². The van der Waals surface area contributed by atoms with Crippen LogP contribution in [0.2, 0.25) is 18.1 Å². The van der Waals surface area contributed by atoms with Gasteiger partial charge in [0, 0.05) is 12.3 Å². The summed E-state index contributed by atoms with van der Waals surface area (Å²) in [4.78, 5) is 0. The van der Waals surface area contributed by atoms with Crippen LogP contribution in [0.15, 0.2) is 0 Å². The molecule has 0 amide bonds. The van der Waals surface area contributed by atoms with Gasteiger partial charge >= 0.3 is 0 Å². The number of hydrogen-bond donors (Lipinski definition) is 0. The summed E-state index contributed by atoms with van der Waals surface area (Å²) >= 11 is 0. The molecule has 1 aliphatic rings. The molecule has 0 aromatic rings. The summed E-state index contributed by atoms with van der Waals surface area (Å²) in [6, 6.07) is 0. The molecule has 22 heavy (non-hydrogen) atoms. The third-order valence-corrected chi connectivity index (χ3v) is 9.95. The van der Waals surface area contributed by atoms with E-state index in [9.17, 15) is 0 Å². The fourth-order valence-corrected chi connectivity index (χ4v) is 4.29. The smallest absolute Gasteiger partial charge is 0.194 e. The molecule has 0 saturated heterocycles. The van der Waals surface area contributed by atoms with Crippen molar-refractivity contribution < 1.29 is 4.43 Å². The highest BCUT2D eigenvalue weighted by Crippen LogP contribution is 2.54. The van der Waals surface area contributed by atoms with Crippen molar-refractivity contribution in [3.05, 3.63) is 0 Å². The van der Waals surface area contributed by atoms with Crippen LogP contribution < -0.4 is 0 Å². The maximum absolute atomic E-state index is 6.77. The first-order chi connectivity index (χ1) is 10.1. The zero-order valence-electron chi connectivity index (χ0n) is 16.3. The SMILES string of the molecule is CCCCCCC#C[C@]1(O[Si](C)(C)C(C)(C)C)C[C@H]1C(C)C. The number of unbranched alkanes of at least 4 members (excludes halogenated alkanes) is 4. The van der Waals surface area contributed by atoms with Crippen molar-refractivity contribution in [2.24, 2.45) is 11.8 Å². The molecule has 0 bridgehead atoms. The van der Waals surface area contributed by atoms with E-state index in [1.54, 1.807) is 0 Å². The molecule has 1 rings (SSSR count). The zero-order valence-corrected chi connectivity index (χ0v) is 17.3. The monoisotopic (exact) mass is 322 g/mol. The maximum atomic E-state index is 6.77. The summed E-state index contributed by atoms with van der Waals surface area (Å²) in [5, 5.41) is 0.257. The Labute approximate surface area is 140 Å². The van der Waals surface area contributed by atoms with Gasteiger partial charge in [-0.3, -0.25) is 0 Å². The molecule has 2 atom stereocenters. The molecule has 0 unspecified atom stereocenters. The van der Waals surface area contributed by atoms with Crippen LogP contribution in [0.3, 0.4) is 0 Å². The first-order valence-corrected chi connectivity index (χ1v) is 12.2. The van der Waals surface area contributed by atoms with Gasteiger partial charge < -0.3 is 4.43 Å². The Bertz CT molecular complexity index is 408. The highest BCUT2D eigenvalue weighted by atomic mass is 28.4. The third-order valence-electron chi connectivity index (χ3n) is 5.47. The normalized spacial score (nSPS) is 25.0. The van der Waals surface area contributed by atoms with Crippen molar-refractivity contribution in [2.75, 3.05) is 0 Å². The van der Waals surface area contributed by atoms with Crippen LogP contribution in [-0.2, 0) is 4.43 Å². The summed E-state index contributed by atoms with van der Waals surface area (Å²) in [5.74, 6) is 8.32. The minimum atomic E-state index is -1.75. The van der Waals surface area contributed by atoms with E-state index in [2.05, 4.69) is 66.5 Å². The second kappa shape index (κ2) is 7.54. The van der Waals surface area contributed by atoms with Crippen LogP contribution in [0.4, 0.5) is 0 Å². The molecule has 128 valence electrons. The fourth-order valence-electron chi connectivity index (χ4n) is 2.79. The quantitative estimate of drug-likeness (QED) is 0.299. The largest absolute Gasteiger partial charge is 0.400 e. The molecule has 1 aliphatic carbocycles. The van der Waals surface area contributed by atoms with Crippen molar-refractivity contribution in [1.82, 2.24) is 0 Å². The molecular formula is C20H38OSi. The van der Waals surface area contributed by atoms with E-state index in [0.717, 1.165) is 12.8 Å². The van der Waals surface area contributed by atoms with Gasteiger partial charge in [0.15, 0.2) is 8.32 Å². The van der Waals surface area contributed by atoms with E-state index in [1.165, 1.54) is 25.7 Å². The Morgan fingerprint density at radius 2 is 1.82 bits per heavy atom. The molecule has 0 heterocycles. The highest BCUT2D eigenvalue weighted by molar-refractivity contribution is 6.74. The summed E-state index contributed by atoms with van der Waals surface area (Å²) in [6.07, 6.45) is 7.36. The lowest BCUT2D eigenvalue weighted by molar-refractivity contribution is 0.185. The summed E-state index contributed by atoms with van der Waals surface area (Å²) < 4.78 is 6.77. The first kappa shape index (κ1) is 19.8. The van der Waals surface area contributed by atoms with Crippen molar-refractivity contribution in [3.63, 3.8) is 0 Å². The van der Waals surface area contributed by atoms with E-state index < -0.39 is 8.32 Å². The van der Waals surface area contributed by atoms with E-state index in [-0.39, 0.29) is 10.6 Å². The predicted molar refractivity (Wildman–Crippen MR) is 100 cm³/mol. The summed E-state index contributed by atoms with van der Waals surface area (Å²) in [7, 11) is -1.75. The van der Waals surface area contributed by atoms with Gasteiger partial charge in [-0.2, -0.15) is 0 Å². The first-order valence-electron chi connectivity index (χ1n) is 9.26. The van der Waals surface area contributed by atoms with Gasteiger partial charge in [0.1, 0.15) is 5.60 Å². The van der Waals surface area contributed by atoms with E-state index in [4.69, 9.17) is 4.43 Å². The molecule has 0 aromatic heterocycles. The Morgan fingerprint density at radius 3 is 2.27 bits per heavy atom.